The van der Waals surface area contributed by atoms with Gasteiger partial charge >= 0.3 is 0 Å². The van der Waals surface area contributed by atoms with E-state index >= 15 is 0 Å². The van der Waals surface area contributed by atoms with E-state index in [9.17, 15) is 0 Å². The first-order valence-corrected chi connectivity index (χ1v) is 9.16. The van der Waals surface area contributed by atoms with Crippen molar-refractivity contribution in [1.29, 1.82) is 0 Å². The van der Waals surface area contributed by atoms with Gasteiger partial charge in [0.25, 0.3) is 0 Å². The van der Waals surface area contributed by atoms with Crippen molar-refractivity contribution in [3.8, 4) is 11.5 Å². The summed E-state index contributed by atoms with van der Waals surface area (Å²) in [6, 6.07) is 11.5. The number of aryl methyl sites for hydroxylation is 3. The van der Waals surface area contributed by atoms with E-state index < -0.39 is 0 Å². The molecule has 3 aromatic rings. The first kappa shape index (κ1) is 19.8. The smallest absolute Gasteiger partial charge is 0.229 e. The van der Waals surface area contributed by atoms with Gasteiger partial charge in [0.2, 0.25) is 5.95 Å². The summed E-state index contributed by atoms with van der Waals surface area (Å²) >= 11 is 6.18. The van der Waals surface area contributed by atoms with Crippen molar-refractivity contribution in [2.24, 2.45) is 0 Å². The molecule has 0 aliphatic rings. The van der Waals surface area contributed by atoms with Crippen molar-refractivity contribution >= 4 is 34.7 Å². The quantitative estimate of drug-likeness (QED) is 0.566. The van der Waals surface area contributed by atoms with E-state index in [1.165, 1.54) is 5.56 Å². The molecule has 3 rings (SSSR count). The molecule has 0 unspecified atom stereocenters. The topological polar surface area (TPSA) is 68.3 Å². The molecule has 0 amide bonds. The molecule has 28 heavy (non-hydrogen) atoms. The van der Waals surface area contributed by atoms with Gasteiger partial charge in [-0.25, -0.2) is 4.98 Å². The van der Waals surface area contributed by atoms with Gasteiger partial charge in [-0.05, 0) is 32.4 Å². The highest BCUT2D eigenvalue weighted by Gasteiger charge is 2.12. The monoisotopic (exact) mass is 398 g/mol. The van der Waals surface area contributed by atoms with E-state index in [2.05, 4.69) is 46.6 Å². The average molecular weight is 399 g/mol. The molecule has 0 atom stereocenters. The standard InChI is InChI=1S/C21H23ClN4O2/c1-12-6-7-16(13(2)8-12)25-21-23-14(3)9-20(26-21)24-17-11-18(27-4)15(22)10-19(17)28-5/h6-11H,1-5H3,(H2,23,24,25,26). The fourth-order valence-corrected chi connectivity index (χ4v) is 3.09. The zero-order valence-electron chi connectivity index (χ0n) is 16.6. The maximum atomic E-state index is 6.18. The third-order valence-corrected chi connectivity index (χ3v) is 4.51. The molecule has 0 spiro atoms. The third-order valence-electron chi connectivity index (χ3n) is 4.22. The minimum atomic E-state index is 0.473. The highest BCUT2D eigenvalue weighted by atomic mass is 35.5. The van der Waals surface area contributed by atoms with Gasteiger partial charge in [-0.3, -0.25) is 0 Å². The first-order valence-electron chi connectivity index (χ1n) is 8.78. The minimum Gasteiger partial charge on any atom is -0.495 e. The Bertz CT molecular complexity index is 1010. The Morgan fingerprint density at radius 1 is 0.821 bits per heavy atom. The number of rotatable bonds is 6. The van der Waals surface area contributed by atoms with E-state index in [-0.39, 0.29) is 0 Å². The van der Waals surface area contributed by atoms with Crippen LogP contribution in [0.3, 0.4) is 0 Å². The zero-order valence-corrected chi connectivity index (χ0v) is 17.3. The van der Waals surface area contributed by atoms with Crippen LogP contribution >= 0.6 is 11.6 Å². The summed E-state index contributed by atoms with van der Waals surface area (Å²) in [5, 5.41) is 7.02. The average Bonchev–Trinajstić information content (AvgIpc) is 2.64. The number of hydrogen-bond acceptors (Lipinski definition) is 6. The molecule has 2 aromatic carbocycles. The Morgan fingerprint density at radius 2 is 1.57 bits per heavy atom. The van der Waals surface area contributed by atoms with Crippen LogP contribution in [-0.4, -0.2) is 24.2 Å². The largest absolute Gasteiger partial charge is 0.495 e. The first-order chi connectivity index (χ1) is 13.4. The van der Waals surface area contributed by atoms with Gasteiger partial charge < -0.3 is 20.1 Å². The molecule has 2 N–H and O–H groups in total. The lowest BCUT2D eigenvalue weighted by molar-refractivity contribution is 0.405. The van der Waals surface area contributed by atoms with Crippen molar-refractivity contribution in [2.75, 3.05) is 24.9 Å². The number of methoxy groups -OCH3 is 2. The highest BCUT2D eigenvalue weighted by Crippen LogP contribution is 2.37. The second-order valence-electron chi connectivity index (χ2n) is 6.47. The van der Waals surface area contributed by atoms with Crippen LogP contribution in [0, 0.1) is 20.8 Å². The van der Waals surface area contributed by atoms with Crippen LogP contribution in [0.2, 0.25) is 5.02 Å². The summed E-state index contributed by atoms with van der Waals surface area (Å²) in [6.07, 6.45) is 0. The molecule has 0 bridgehead atoms. The van der Waals surface area contributed by atoms with Gasteiger partial charge in [0.1, 0.15) is 17.3 Å². The minimum absolute atomic E-state index is 0.473. The van der Waals surface area contributed by atoms with Crippen LogP contribution in [0.15, 0.2) is 36.4 Å². The molecule has 1 heterocycles. The predicted octanol–water partition coefficient (Wildman–Crippen LogP) is 5.56. The van der Waals surface area contributed by atoms with Gasteiger partial charge in [0.15, 0.2) is 0 Å². The van der Waals surface area contributed by atoms with Crippen LogP contribution in [0.5, 0.6) is 11.5 Å². The van der Waals surface area contributed by atoms with Crippen molar-refractivity contribution in [2.45, 2.75) is 20.8 Å². The van der Waals surface area contributed by atoms with E-state index in [4.69, 9.17) is 21.1 Å². The number of aromatic nitrogens is 2. The molecular weight excluding hydrogens is 376 g/mol. The van der Waals surface area contributed by atoms with Crippen molar-refractivity contribution in [3.63, 3.8) is 0 Å². The lowest BCUT2D eigenvalue weighted by Gasteiger charge is -2.15. The van der Waals surface area contributed by atoms with Crippen LogP contribution in [0.1, 0.15) is 16.8 Å². The van der Waals surface area contributed by atoms with E-state index in [0.29, 0.717) is 34.0 Å². The number of ether oxygens (including phenoxy) is 2. The molecule has 0 aliphatic heterocycles. The van der Waals surface area contributed by atoms with Gasteiger partial charge in [-0.2, -0.15) is 4.98 Å². The molecular formula is C21H23ClN4O2. The molecule has 0 radical (unpaired) electrons. The molecule has 0 saturated carbocycles. The molecule has 0 fully saturated rings. The zero-order chi connectivity index (χ0) is 20.3. The van der Waals surface area contributed by atoms with Gasteiger partial charge in [0, 0.05) is 29.6 Å². The van der Waals surface area contributed by atoms with Gasteiger partial charge in [-0.1, -0.05) is 29.3 Å². The normalized spacial score (nSPS) is 10.5. The fraction of sp³-hybridized carbons (Fsp3) is 0.238. The maximum Gasteiger partial charge on any atom is 0.229 e. The van der Waals surface area contributed by atoms with E-state index in [1.54, 1.807) is 26.4 Å². The van der Waals surface area contributed by atoms with Crippen molar-refractivity contribution in [3.05, 3.63) is 58.2 Å². The molecule has 146 valence electrons. The molecule has 0 saturated heterocycles. The lowest BCUT2D eigenvalue weighted by atomic mass is 10.1. The number of nitrogens with one attached hydrogen (secondary N) is 2. The Labute approximate surface area is 169 Å². The number of hydrogen-bond donors (Lipinski definition) is 2. The van der Waals surface area contributed by atoms with E-state index in [0.717, 1.165) is 16.9 Å². The second kappa shape index (κ2) is 8.35. The number of benzene rings is 2. The van der Waals surface area contributed by atoms with E-state index in [1.807, 2.05) is 19.1 Å². The Kier molecular flexibility index (Phi) is 5.90. The summed E-state index contributed by atoms with van der Waals surface area (Å²) in [6.45, 7) is 6.03. The second-order valence-corrected chi connectivity index (χ2v) is 6.88. The lowest BCUT2D eigenvalue weighted by Crippen LogP contribution is -2.04. The molecule has 0 aliphatic carbocycles. The summed E-state index contributed by atoms with van der Waals surface area (Å²) < 4.78 is 10.7. The van der Waals surface area contributed by atoms with Crippen molar-refractivity contribution < 1.29 is 9.47 Å². The molecule has 6 nitrogen and oxygen atoms in total. The Hall–Kier alpha value is -2.99. The summed E-state index contributed by atoms with van der Waals surface area (Å²) in [5.41, 5.74) is 4.82. The van der Waals surface area contributed by atoms with Crippen LogP contribution < -0.4 is 20.1 Å². The number of nitrogens with zero attached hydrogens (tertiary/aromatic N) is 2. The highest BCUT2D eigenvalue weighted by molar-refractivity contribution is 6.32. The molecule has 1 aromatic heterocycles. The third kappa shape index (κ3) is 4.46. The molecule has 7 heteroatoms. The predicted molar refractivity (Wildman–Crippen MR) is 114 cm³/mol. The Morgan fingerprint density at radius 3 is 2.25 bits per heavy atom. The number of halogens is 1. The van der Waals surface area contributed by atoms with Crippen LogP contribution in [0.4, 0.5) is 23.1 Å². The Balaban J connectivity index is 1.92. The summed E-state index contributed by atoms with van der Waals surface area (Å²) in [7, 11) is 3.15. The van der Waals surface area contributed by atoms with Crippen LogP contribution in [0.25, 0.3) is 0 Å². The van der Waals surface area contributed by atoms with Crippen LogP contribution in [-0.2, 0) is 0 Å². The fourth-order valence-electron chi connectivity index (χ4n) is 2.86. The van der Waals surface area contributed by atoms with Gasteiger partial charge in [-0.15, -0.1) is 0 Å². The van der Waals surface area contributed by atoms with Gasteiger partial charge in [0.05, 0.1) is 24.9 Å². The van der Waals surface area contributed by atoms with Crippen molar-refractivity contribution in [1.82, 2.24) is 9.97 Å². The maximum absolute atomic E-state index is 6.18. The summed E-state index contributed by atoms with van der Waals surface area (Å²) in [5.74, 6) is 2.27. The number of anilines is 4. The SMILES string of the molecule is COc1cc(Nc2cc(C)nc(Nc3ccc(C)cc3C)n2)c(OC)cc1Cl. The summed E-state index contributed by atoms with van der Waals surface area (Å²) in [4.78, 5) is 9.06.